The molecule has 4 heterocycles. The van der Waals surface area contributed by atoms with Gasteiger partial charge in [-0.15, -0.1) is 0 Å². The molecule has 1 aromatic carbocycles. The summed E-state index contributed by atoms with van der Waals surface area (Å²) in [5, 5.41) is 13.6. The van der Waals surface area contributed by atoms with Gasteiger partial charge in [-0.25, -0.2) is 9.29 Å². The Kier molecular flexibility index (Phi) is 11.0. The van der Waals surface area contributed by atoms with Crippen LogP contribution in [0.25, 0.3) is 0 Å². The average molecular weight is 691 g/mol. The minimum atomic E-state index is -1.65. The lowest BCUT2D eigenvalue weighted by Crippen LogP contribution is -2.77. The first-order chi connectivity index (χ1) is 24.3. The summed E-state index contributed by atoms with van der Waals surface area (Å²) in [6, 6.07) is 9.39. The number of amides is 1. The van der Waals surface area contributed by atoms with E-state index < -0.39 is 24.4 Å². The minimum absolute atomic E-state index is 0.0890. The number of hydrogen-bond acceptors (Lipinski definition) is 9. The molecule has 10 nitrogen and oxygen atoms in total. The molecule has 6 aliphatic rings. The van der Waals surface area contributed by atoms with E-state index in [-0.39, 0.29) is 42.3 Å². The number of nitrogens with one attached hydrogen (secondary N) is 1. The van der Waals surface area contributed by atoms with Gasteiger partial charge in [-0.05, 0) is 63.8 Å². The molecule has 3 saturated heterocycles. The molecule has 7 unspecified atom stereocenters. The highest BCUT2D eigenvalue weighted by molar-refractivity contribution is 5.94. The van der Waals surface area contributed by atoms with Crippen molar-refractivity contribution in [1.29, 1.82) is 5.26 Å². The Bertz CT molecular complexity index is 1430. The number of rotatable bonds is 7. The number of hydrogen-bond donors (Lipinski definition) is 1. The number of likely N-dealkylation sites (N-methyl/N-ethyl adjacent to an activating group) is 1. The van der Waals surface area contributed by atoms with Crippen LogP contribution in [0.5, 0.6) is 0 Å². The van der Waals surface area contributed by atoms with Gasteiger partial charge in [0.1, 0.15) is 5.60 Å². The first-order valence-corrected chi connectivity index (χ1v) is 19.2. The van der Waals surface area contributed by atoms with E-state index in [4.69, 9.17) is 9.47 Å². The van der Waals surface area contributed by atoms with Crippen LogP contribution < -0.4 is 5.32 Å². The SMILES string of the molecule is C=CC(=O)N1CCN(C2C3CC[C@@]4(Cc5ccccc5C(F)O4)C(=O)C3NC(OCC3CCCN3C)N2C2CCCCCCC2)CC1CC#N. The summed E-state index contributed by atoms with van der Waals surface area (Å²) in [5.41, 5.74) is 0.0973. The Morgan fingerprint density at radius 1 is 1.10 bits per heavy atom. The van der Waals surface area contributed by atoms with E-state index in [1.165, 1.54) is 25.3 Å². The fraction of sp³-hybridized carbons (Fsp3) is 0.718. The second kappa shape index (κ2) is 15.5. The zero-order chi connectivity index (χ0) is 34.8. The monoisotopic (exact) mass is 690 g/mol. The predicted molar refractivity (Wildman–Crippen MR) is 187 cm³/mol. The number of ketones is 1. The van der Waals surface area contributed by atoms with Crippen molar-refractivity contribution < 1.29 is 23.5 Å². The third kappa shape index (κ3) is 6.92. The van der Waals surface area contributed by atoms with Crippen LogP contribution in [0.2, 0.25) is 0 Å². The van der Waals surface area contributed by atoms with E-state index in [9.17, 15) is 14.9 Å². The van der Waals surface area contributed by atoms with Gasteiger partial charge in [0.05, 0.1) is 37.3 Å². The maximum atomic E-state index is 15.7. The van der Waals surface area contributed by atoms with Gasteiger partial charge in [-0.3, -0.25) is 19.8 Å². The minimum Gasteiger partial charge on any atom is -0.348 e. The summed E-state index contributed by atoms with van der Waals surface area (Å²) in [6.07, 6.45) is 11.0. The van der Waals surface area contributed by atoms with Gasteiger partial charge in [-0.2, -0.15) is 5.26 Å². The summed E-state index contributed by atoms with van der Waals surface area (Å²) < 4.78 is 28.8. The van der Waals surface area contributed by atoms with Crippen molar-refractivity contribution >= 4 is 11.7 Å². The number of benzene rings is 1. The van der Waals surface area contributed by atoms with Gasteiger partial charge in [-0.1, -0.05) is 62.9 Å². The maximum absolute atomic E-state index is 15.7. The highest BCUT2D eigenvalue weighted by atomic mass is 19.1. The number of nitrogens with zero attached hydrogens (tertiary/aromatic N) is 5. The van der Waals surface area contributed by atoms with E-state index in [1.54, 1.807) is 11.0 Å². The number of ether oxygens (including phenoxy) is 2. The molecule has 11 heteroatoms. The van der Waals surface area contributed by atoms with Crippen molar-refractivity contribution in [2.24, 2.45) is 5.92 Å². The Labute approximate surface area is 296 Å². The molecule has 5 fully saturated rings. The standard InChI is InChI=1S/C39H55FN6O4/c1-3-33(47)45-23-22-44(25-29(45)18-20-41)37-32-17-19-39(24-27-12-9-10-16-31(27)36(40)50-39)35(48)34(32)42-38(49-26-30-15-11-21-43(30)2)46(37)28-13-7-5-4-6-8-14-28/h3,9-10,12,16,28-30,32,34,36-38,42H,1,4-8,11,13-15,17-19,21-26H2,2H3/t29?,30?,32?,34?,36?,37?,38?,39-/m1/s1. The lowest BCUT2D eigenvalue weighted by Gasteiger charge is -2.60. The summed E-state index contributed by atoms with van der Waals surface area (Å²) in [4.78, 5) is 37.0. The summed E-state index contributed by atoms with van der Waals surface area (Å²) in [6.45, 7) is 6.94. The van der Waals surface area contributed by atoms with Crippen LogP contribution in [0.4, 0.5) is 4.39 Å². The van der Waals surface area contributed by atoms with Crippen LogP contribution in [0.3, 0.4) is 0 Å². The van der Waals surface area contributed by atoms with Crippen LogP contribution in [0.1, 0.15) is 94.5 Å². The molecule has 2 aliphatic carbocycles. The second-order valence-electron chi connectivity index (χ2n) is 15.6. The molecule has 4 aliphatic heterocycles. The van der Waals surface area contributed by atoms with Crippen molar-refractivity contribution in [1.82, 2.24) is 24.9 Å². The lowest BCUT2D eigenvalue weighted by atomic mass is 9.68. The van der Waals surface area contributed by atoms with Crippen LogP contribution in [-0.2, 0) is 25.5 Å². The Balaban J connectivity index is 1.25. The molecule has 0 aromatic heterocycles. The number of fused-ring (bicyclic) bond motifs is 2. The second-order valence-corrected chi connectivity index (χ2v) is 15.6. The molecule has 1 amide bonds. The summed E-state index contributed by atoms with van der Waals surface area (Å²) in [5.74, 6) is -0.346. The number of carbonyl (C=O) groups excluding carboxylic acids is 2. The number of piperazine rings is 1. The Morgan fingerprint density at radius 3 is 2.62 bits per heavy atom. The van der Waals surface area contributed by atoms with E-state index in [1.807, 2.05) is 18.2 Å². The molecule has 8 atom stereocenters. The van der Waals surface area contributed by atoms with E-state index in [0.717, 1.165) is 50.6 Å². The molecule has 272 valence electrons. The van der Waals surface area contributed by atoms with Gasteiger partial charge in [0, 0.05) is 49.6 Å². The molecular weight excluding hydrogens is 635 g/mol. The predicted octanol–water partition coefficient (Wildman–Crippen LogP) is 4.66. The van der Waals surface area contributed by atoms with E-state index in [0.29, 0.717) is 57.1 Å². The molecule has 1 N–H and O–H groups in total. The van der Waals surface area contributed by atoms with Crippen molar-refractivity contribution in [3.05, 3.63) is 48.0 Å². The van der Waals surface area contributed by atoms with E-state index in [2.05, 4.69) is 39.7 Å². The van der Waals surface area contributed by atoms with Crippen molar-refractivity contribution in [2.75, 3.05) is 39.8 Å². The average Bonchev–Trinajstić information content (AvgIpc) is 3.52. The Hall–Kier alpha value is -2.72. The first-order valence-electron chi connectivity index (χ1n) is 19.2. The molecular formula is C39H55FN6O4. The summed E-state index contributed by atoms with van der Waals surface area (Å²) in [7, 11) is 2.15. The van der Waals surface area contributed by atoms with Crippen LogP contribution in [0.15, 0.2) is 36.9 Å². The lowest BCUT2D eigenvalue weighted by molar-refractivity contribution is -0.231. The zero-order valence-electron chi connectivity index (χ0n) is 29.7. The number of halogens is 1. The molecule has 7 rings (SSSR count). The molecule has 0 bridgehead atoms. The molecule has 1 aromatic rings. The van der Waals surface area contributed by atoms with Gasteiger partial charge in [0.15, 0.2) is 12.1 Å². The third-order valence-corrected chi connectivity index (χ3v) is 12.7. The third-order valence-electron chi connectivity index (χ3n) is 12.7. The quantitative estimate of drug-likeness (QED) is 0.410. The molecule has 2 saturated carbocycles. The normalized spacial score (nSPS) is 36.3. The van der Waals surface area contributed by atoms with Crippen molar-refractivity contribution in [3.8, 4) is 6.07 Å². The van der Waals surface area contributed by atoms with Crippen molar-refractivity contribution in [2.45, 2.75) is 132 Å². The number of nitriles is 1. The molecule has 50 heavy (non-hydrogen) atoms. The van der Waals surface area contributed by atoms with E-state index >= 15 is 4.39 Å². The maximum Gasteiger partial charge on any atom is 0.246 e. The topological polar surface area (TPSA) is 101 Å². The number of carbonyl (C=O) groups is 2. The highest BCUT2D eigenvalue weighted by Crippen LogP contribution is 2.47. The van der Waals surface area contributed by atoms with Gasteiger partial charge in [0.25, 0.3) is 0 Å². The zero-order valence-corrected chi connectivity index (χ0v) is 29.7. The fourth-order valence-electron chi connectivity index (χ4n) is 10.0. The van der Waals surface area contributed by atoms with Gasteiger partial charge in [0.2, 0.25) is 12.3 Å². The summed E-state index contributed by atoms with van der Waals surface area (Å²) >= 11 is 0. The first kappa shape index (κ1) is 35.7. The molecule has 0 radical (unpaired) electrons. The highest BCUT2D eigenvalue weighted by Gasteiger charge is 2.60. The van der Waals surface area contributed by atoms with Gasteiger partial charge < -0.3 is 19.3 Å². The van der Waals surface area contributed by atoms with Crippen LogP contribution in [-0.4, -0.2) is 113 Å². The number of Topliss-reactive ketones (excluding diaryl/α,β-unsaturated/α-hetero) is 1. The molecule has 1 spiro atoms. The van der Waals surface area contributed by atoms with Gasteiger partial charge >= 0.3 is 0 Å². The largest absolute Gasteiger partial charge is 0.348 e. The number of alkyl halides is 1. The fourth-order valence-corrected chi connectivity index (χ4v) is 10.0. The van der Waals surface area contributed by atoms with Crippen LogP contribution >= 0.6 is 0 Å². The van der Waals surface area contributed by atoms with Crippen molar-refractivity contribution in [3.63, 3.8) is 0 Å². The smallest absolute Gasteiger partial charge is 0.246 e. The van der Waals surface area contributed by atoms with Crippen LogP contribution in [0, 0.1) is 17.2 Å². The Morgan fingerprint density at radius 2 is 1.88 bits per heavy atom. The number of likely N-dealkylation sites (tertiary alicyclic amines) is 1.